The lowest BCUT2D eigenvalue weighted by atomic mass is 10.1. The Bertz CT molecular complexity index is 503. The van der Waals surface area contributed by atoms with E-state index in [9.17, 15) is 13.2 Å². The fourth-order valence-corrected chi connectivity index (χ4v) is 1.81. The molecule has 0 atom stereocenters. The maximum absolute atomic E-state index is 13.0. The van der Waals surface area contributed by atoms with Crippen LogP contribution in [-0.4, -0.2) is 15.8 Å². The molecule has 2 rings (SSSR count). The Morgan fingerprint density at radius 2 is 1.75 bits per heavy atom. The van der Waals surface area contributed by atoms with Gasteiger partial charge in [0.05, 0.1) is 11.7 Å². The van der Waals surface area contributed by atoms with E-state index in [0.29, 0.717) is 11.5 Å². The van der Waals surface area contributed by atoms with E-state index in [1.54, 1.807) is 7.05 Å². The zero-order valence-electron chi connectivity index (χ0n) is 8.09. The molecule has 16 heavy (non-hydrogen) atoms. The zero-order chi connectivity index (χ0) is 11.7. The van der Waals surface area contributed by atoms with E-state index in [4.69, 9.17) is 0 Å². The average molecular weight is 245 g/mol. The molecular weight excluding hydrogens is 239 g/mol. The first-order valence-electron chi connectivity index (χ1n) is 4.28. The SMILES string of the molecule is CNc1nsnc1-c1cc(F)c(F)c(F)c1. The van der Waals surface area contributed by atoms with Crippen molar-refractivity contribution in [2.24, 2.45) is 0 Å². The zero-order valence-corrected chi connectivity index (χ0v) is 8.91. The Hall–Kier alpha value is -1.63. The van der Waals surface area contributed by atoms with Crippen molar-refractivity contribution in [2.75, 3.05) is 12.4 Å². The highest BCUT2D eigenvalue weighted by Crippen LogP contribution is 2.27. The second kappa shape index (κ2) is 4.09. The summed E-state index contributed by atoms with van der Waals surface area (Å²) in [6, 6.07) is 1.77. The topological polar surface area (TPSA) is 37.8 Å². The lowest BCUT2D eigenvalue weighted by Gasteiger charge is -2.02. The van der Waals surface area contributed by atoms with Crippen molar-refractivity contribution in [2.45, 2.75) is 0 Å². The van der Waals surface area contributed by atoms with Crippen LogP contribution < -0.4 is 5.32 Å². The number of rotatable bonds is 2. The van der Waals surface area contributed by atoms with Crippen molar-refractivity contribution >= 4 is 17.5 Å². The van der Waals surface area contributed by atoms with Crippen molar-refractivity contribution in [3.63, 3.8) is 0 Å². The Morgan fingerprint density at radius 1 is 1.12 bits per heavy atom. The second-order valence-corrected chi connectivity index (χ2v) is 3.49. The fraction of sp³-hybridized carbons (Fsp3) is 0.111. The summed E-state index contributed by atoms with van der Waals surface area (Å²) >= 11 is 0.900. The Balaban J connectivity index is 2.57. The fourth-order valence-electron chi connectivity index (χ4n) is 1.23. The van der Waals surface area contributed by atoms with Crippen molar-refractivity contribution < 1.29 is 13.2 Å². The van der Waals surface area contributed by atoms with E-state index in [1.165, 1.54) is 0 Å². The molecule has 0 aliphatic carbocycles. The number of halogens is 3. The molecule has 1 heterocycles. The standard InChI is InChI=1S/C9H6F3N3S/c1-13-9-8(14-16-15-9)4-2-5(10)7(12)6(11)3-4/h2-3H,1H3,(H,13,15). The van der Waals surface area contributed by atoms with Crippen LogP contribution in [0.5, 0.6) is 0 Å². The molecule has 0 aliphatic heterocycles. The molecule has 0 saturated heterocycles. The summed E-state index contributed by atoms with van der Waals surface area (Å²) in [6.07, 6.45) is 0. The van der Waals surface area contributed by atoms with Crippen LogP contribution >= 0.6 is 11.7 Å². The summed E-state index contributed by atoms with van der Waals surface area (Å²) in [5, 5.41) is 2.73. The molecule has 0 unspecified atom stereocenters. The monoisotopic (exact) mass is 245 g/mol. The third kappa shape index (κ3) is 1.73. The third-order valence-corrected chi connectivity index (χ3v) is 2.51. The van der Waals surface area contributed by atoms with Crippen molar-refractivity contribution in [1.29, 1.82) is 0 Å². The van der Waals surface area contributed by atoms with Gasteiger partial charge >= 0.3 is 0 Å². The molecular formula is C9H6F3N3S. The quantitative estimate of drug-likeness (QED) is 0.826. The van der Waals surface area contributed by atoms with Crippen molar-refractivity contribution in [1.82, 2.24) is 8.75 Å². The lowest BCUT2D eigenvalue weighted by molar-refractivity contribution is 0.447. The molecule has 0 spiro atoms. The van der Waals surface area contributed by atoms with E-state index in [0.717, 1.165) is 23.9 Å². The van der Waals surface area contributed by atoms with Gasteiger partial charge in [-0.1, -0.05) is 0 Å². The summed E-state index contributed by atoms with van der Waals surface area (Å²) in [5.41, 5.74) is 0.444. The number of nitrogens with zero attached hydrogens (tertiary/aromatic N) is 2. The summed E-state index contributed by atoms with van der Waals surface area (Å²) in [7, 11) is 1.61. The number of benzene rings is 1. The van der Waals surface area contributed by atoms with Gasteiger partial charge in [-0.05, 0) is 12.1 Å². The second-order valence-electron chi connectivity index (χ2n) is 2.97. The summed E-state index contributed by atoms with van der Waals surface area (Å²) in [5.74, 6) is -3.58. The Labute approximate surface area is 93.3 Å². The van der Waals surface area contributed by atoms with Crippen LogP contribution in [0.1, 0.15) is 0 Å². The van der Waals surface area contributed by atoms with Gasteiger partial charge < -0.3 is 5.32 Å². The first-order valence-corrected chi connectivity index (χ1v) is 5.01. The van der Waals surface area contributed by atoms with Crippen molar-refractivity contribution in [3.8, 4) is 11.3 Å². The smallest absolute Gasteiger partial charge is 0.194 e. The molecule has 0 aliphatic rings. The highest BCUT2D eigenvalue weighted by atomic mass is 32.1. The van der Waals surface area contributed by atoms with Gasteiger partial charge in [-0.15, -0.1) is 0 Å². The molecule has 0 radical (unpaired) electrons. The van der Waals surface area contributed by atoms with Crippen LogP contribution in [0.15, 0.2) is 12.1 Å². The predicted octanol–water partition coefficient (Wildman–Crippen LogP) is 2.66. The largest absolute Gasteiger partial charge is 0.370 e. The van der Waals surface area contributed by atoms with Gasteiger partial charge in [0.2, 0.25) is 0 Å². The third-order valence-electron chi connectivity index (χ3n) is 1.98. The summed E-state index contributed by atoms with van der Waals surface area (Å²) in [6.45, 7) is 0. The molecule has 1 aromatic heterocycles. The lowest BCUT2D eigenvalue weighted by Crippen LogP contribution is -1.95. The molecule has 0 bridgehead atoms. The highest BCUT2D eigenvalue weighted by Gasteiger charge is 2.15. The summed E-state index contributed by atoms with van der Waals surface area (Å²) in [4.78, 5) is 0. The van der Waals surface area contributed by atoms with Gasteiger partial charge in [0.1, 0.15) is 5.69 Å². The minimum absolute atomic E-state index is 0.148. The molecule has 1 N–H and O–H groups in total. The molecule has 1 aromatic carbocycles. The first kappa shape index (κ1) is 10.9. The van der Waals surface area contributed by atoms with Gasteiger partial charge in [-0.3, -0.25) is 0 Å². The van der Waals surface area contributed by atoms with E-state index < -0.39 is 17.5 Å². The maximum atomic E-state index is 13.0. The van der Waals surface area contributed by atoms with Gasteiger partial charge in [0.15, 0.2) is 23.3 Å². The van der Waals surface area contributed by atoms with Gasteiger partial charge in [0.25, 0.3) is 0 Å². The number of hydrogen-bond acceptors (Lipinski definition) is 4. The van der Waals surface area contributed by atoms with Crippen LogP contribution in [0.2, 0.25) is 0 Å². The van der Waals surface area contributed by atoms with Crippen LogP contribution in [-0.2, 0) is 0 Å². The highest BCUT2D eigenvalue weighted by molar-refractivity contribution is 6.99. The van der Waals surface area contributed by atoms with Gasteiger partial charge in [0, 0.05) is 12.6 Å². The van der Waals surface area contributed by atoms with E-state index in [-0.39, 0.29) is 5.56 Å². The summed E-state index contributed by atoms with van der Waals surface area (Å²) < 4.78 is 46.5. The van der Waals surface area contributed by atoms with E-state index >= 15 is 0 Å². The molecule has 7 heteroatoms. The number of aromatic nitrogens is 2. The molecule has 84 valence electrons. The number of hydrogen-bond donors (Lipinski definition) is 1. The van der Waals surface area contributed by atoms with E-state index in [2.05, 4.69) is 14.1 Å². The van der Waals surface area contributed by atoms with Crippen molar-refractivity contribution in [3.05, 3.63) is 29.6 Å². The van der Waals surface area contributed by atoms with E-state index in [1.807, 2.05) is 0 Å². The Kier molecular flexibility index (Phi) is 2.78. The first-order chi connectivity index (χ1) is 7.63. The van der Waals surface area contributed by atoms with Crippen LogP contribution in [0.25, 0.3) is 11.3 Å². The van der Waals surface area contributed by atoms with Gasteiger partial charge in [-0.25, -0.2) is 13.2 Å². The van der Waals surface area contributed by atoms with Crippen LogP contribution in [0.4, 0.5) is 19.0 Å². The molecule has 0 saturated carbocycles. The molecule has 2 aromatic rings. The number of nitrogens with one attached hydrogen (secondary N) is 1. The average Bonchev–Trinajstić information content (AvgIpc) is 2.73. The minimum atomic E-state index is -1.49. The number of anilines is 1. The molecule has 3 nitrogen and oxygen atoms in total. The normalized spacial score (nSPS) is 10.5. The van der Waals surface area contributed by atoms with Crippen LogP contribution in [0.3, 0.4) is 0 Å². The van der Waals surface area contributed by atoms with Gasteiger partial charge in [-0.2, -0.15) is 8.75 Å². The maximum Gasteiger partial charge on any atom is 0.194 e. The van der Waals surface area contributed by atoms with Crippen LogP contribution in [0, 0.1) is 17.5 Å². The predicted molar refractivity (Wildman–Crippen MR) is 54.8 cm³/mol. The minimum Gasteiger partial charge on any atom is -0.370 e. The molecule has 0 fully saturated rings. The molecule has 0 amide bonds. The Morgan fingerprint density at radius 3 is 2.31 bits per heavy atom.